The molecule has 0 aromatic heterocycles. The molecule has 3 rings (SSSR count). The lowest BCUT2D eigenvalue weighted by molar-refractivity contribution is 0.303. The molecule has 2 atom stereocenters. The Balaban J connectivity index is 1.62. The first-order valence-corrected chi connectivity index (χ1v) is 7.73. The van der Waals surface area contributed by atoms with Crippen molar-refractivity contribution < 1.29 is 4.39 Å². The fraction of sp³-hybridized carbons (Fsp3) is 0.600. The van der Waals surface area contributed by atoms with E-state index in [9.17, 15) is 4.39 Å². The summed E-state index contributed by atoms with van der Waals surface area (Å²) in [5.41, 5.74) is 0.914. The van der Waals surface area contributed by atoms with Crippen LogP contribution in [-0.4, -0.2) is 6.04 Å². The predicted molar refractivity (Wildman–Crippen MR) is 76.2 cm³/mol. The van der Waals surface area contributed by atoms with Crippen molar-refractivity contribution in [3.8, 4) is 0 Å². The van der Waals surface area contributed by atoms with Crippen LogP contribution in [0.3, 0.4) is 0 Å². The van der Waals surface area contributed by atoms with Crippen molar-refractivity contribution in [1.82, 2.24) is 0 Å². The zero-order valence-electron chi connectivity index (χ0n) is 10.5. The molecule has 0 amide bonds. The molecule has 3 heteroatoms. The Morgan fingerprint density at radius 3 is 2.67 bits per heavy atom. The number of nitrogens with one attached hydrogen (secondary N) is 1. The Morgan fingerprint density at radius 2 is 1.94 bits per heavy atom. The van der Waals surface area contributed by atoms with Crippen LogP contribution in [0.2, 0.25) is 0 Å². The molecule has 18 heavy (non-hydrogen) atoms. The number of halogens is 2. The lowest BCUT2D eigenvalue weighted by Gasteiger charge is -2.30. The van der Waals surface area contributed by atoms with Crippen molar-refractivity contribution in [3.05, 3.63) is 28.5 Å². The Morgan fingerprint density at radius 1 is 1.11 bits per heavy atom. The van der Waals surface area contributed by atoms with E-state index in [0.29, 0.717) is 10.5 Å². The van der Waals surface area contributed by atoms with E-state index in [-0.39, 0.29) is 5.82 Å². The zero-order valence-corrected chi connectivity index (χ0v) is 12.0. The van der Waals surface area contributed by atoms with Gasteiger partial charge < -0.3 is 5.32 Å². The fourth-order valence-corrected chi connectivity index (χ4v) is 3.42. The maximum Gasteiger partial charge on any atom is 0.139 e. The SMILES string of the molecule is Fc1cc(NC2CCCC(C3CC3)C2)ccc1Br. The van der Waals surface area contributed by atoms with Crippen molar-refractivity contribution in [2.75, 3.05) is 5.32 Å². The largest absolute Gasteiger partial charge is 0.382 e. The van der Waals surface area contributed by atoms with Gasteiger partial charge in [0.25, 0.3) is 0 Å². The third-order valence-corrected chi connectivity index (χ3v) is 4.94. The standard InChI is InChI=1S/C15H19BrFN/c16-14-7-6-13(9-15(14)17)18-12-3-1-2-11(8-12)10-4-5-10/h6-7,9-12,18H,1-5,8H2. The van der Waals surface area contributed by atoms with E-state index in [2.05, 4.69) is 21.2 Å². The third-order valence-electron chi connectivity index (χ3n) is 4.29. The maximum absolute atomic E-state index is 13.5. The van der Waals surface area contributed by atoms with Crippen LogP contribution in [-0.2, 0) is 0 Å². The lowest BCUT2D eigenvalue weighted by atomic mass is 9.82. The van der Waals surface area contributed by atoms with Crippen molar-refractivity contribution in [2.45, 2.75) is 44.6 Å². The average molecular weight is 312 g/mol. The van der Waals surface area contributed by atoms with Gasteiger partial charge in [0, 0.05) is 11.7 Å². The molecule has 1 nitrogen and oxygen atoms in total. The first-order chi connectivity index (χ1) is 8.72. The van der Waals surface area contributed by atoms with Crippen LogP contribution >= 0.6 is 15.9 Å². The quantitative estimate of drug-likeness (QED) is 0.831. The molecule has 2 saturated carbocycles. The summed E-state index contributed by atoms with van der Waals surface area (Å²) in [6, 6.07) is 5.85. The van der Waals surface area contributed by atoms with Gasteiger partial charge >= 0.3 is 0 Å². The molecule has 2 unspecified atom stereocenters. The van der Waals surface area contributed by atoms with E-state index in [4.69, 9.17) is 0 Å². The van der Waals surface area contributed by atoms with Crippen LogP contribution in [0.15, 0.2) is 22.7 Å². The van der Waals surface area contributed by atoms with Gasteiger partial charge in [0.15, 0.2) is 0 Å². The molecule has 0 radical (unpaired) electrons. The highest BCUT2D eigenvalue weighted by molar-refractivity contribution is 9.10. The van der Waals surface area contributed by atoms with Gasteiger partial charge in [-0.15, -0.1) is 0 Å². The summed E-state index contributed by atoms with van der Waals surface area (Å²) in [7, 11) is 0. The van der Waals surface area contributed by atoms with Crippen molar-refractivity contribution in [1.29, 1.82) is 0 Å². The maximum atomic E-state index is 13.5. The highest BCUT2D eigenvalue weighted by atomic mass is 79.9. The molecule has 2 aliphatic rings. The Kier molecular flexibility index (Phi) is 3.60. The van der Waals surface area contributed by atoms with E-state index >= 15 is 0 Å². The lowest BCUT2D eigenvalue weighted by Crippen LogP contribution is -2.28. The van der Waals surface area contributed by atoms with Gasteiger partial charge in [0.2, 0.25) is 0 Å². The van der Waals surface area contributed by atoms with Crippen LogP contribution < -0.4 is 5.32 Å². The molecule has 0 aliphatic heterocycles. The second-order valence-corrected chi connectivity index (χ2v) is 6.59. The molecule has 0 saturated heterocycles. The minimum Gasteiger partial charge on any atom is -0.382 e. The summed E-state index contributed by atoms with van der Waals surface area (Å²) in [6.07, 6.45) is 8.08. The molecule has 1 aromatic carbocycles. The summed E-state index contributed by atoms with van der Waals surface area (Å²) in [5, 5.41) is 3.50. The number of rotatable bonds is 3. The van der Waals surface area contributed by atoms with E-state index in [0.717, 1.165) is 17.5 Å². The van der Waals surface area contributed by atoms with Gasteiger partial charge in [-0.1, -0.05) is 12.8 Å². The van der Waals surface area contributed by atoms with Gasteiger partial charge in [-0.25, -0.2) is 4.39 Å². The van der Waals surface area contributed by atoms with Crippen LogP contribution in [0.1, 0.15) is 38.5 Å². The molecule has 2 fully saturated rings. The summed E-state index contributed by atoms with van der Waals surface area (Å²) < 4.78 is 14.0. The Labute approximate surface area is 116 Å². The minimum atomic E-state index is -0.186. The van der Waals surface area contributed by atoms with E-state index < -0.39 is 0 Å². The predicted octanol–water partition coefficient (Wildman–Crippen LogP) is 4.97. The molecular weight excluding hydrogens is 293 g/mol. The molecule has 0 heterocycles. The van der Waals surface area contributed by atoms with Gasteiger partial charge in [-0.05, 0) is 71.6 Å². The monoisotopic (exact) mass is 311 g/mol. The second-order valence-electron chi connectivity index (χ2n) is 5.73. The summed E-state index contributed by atoms with van der Waals surface area (Å²) >= 11 is 3.19. The number of benzene rings is 1. The van der Waals surface area contributed by atoms with Gasteiger partial charge in [-0.3, -0.25) is 0 Å². The van der Waals surface area contributed by atoms with Crippen molar-refractivity contribution in [2.24, 2.45) is 11.8 Å². The second kappa shape index (κ2) is 5.20. The van der Waals surface area contributed by atoms with E-state index in [1.807, 2.05) is 6.07 Å². The first-order valence-electron chi connectivity index (χ1n) is 6.94. The zero-order chi connectivity index (χ0) is 12.5. The fourth-order valence-electron chi connectivity index (χ4n) is 3.18. The minimum absolute atomic E-state index is 0.186. The molecular formula is C15H19BrFN. The molecule has 1 N–H and O–H groups in total. The van der Waals surface area contributed by atoms with E-state index in [1.165, 1.54) is 38.5 Å². The third kappa shape index (κ3) is 2.87. The highest BCUT2D eigenvalue weighted by Crippen LogP contribution is 2.44. The van der Waals surface area contributed by atoms with E-state index in [1.54, 1.807) is 12.1 Å². The summed E-state index contributed by atoms with van der Waals surface area (Å²) in [5.74, 6) is 1.72. The molecule has 2 aliphatic carbocycles. The van der Waals surface area contributed by atoms with Crippen molar-refractivity contribution in [3.63, 3.8) is 0 Å². The molecule has 98 valence electrons. The summed E-state index contributed by atoms with van der Waals surface area (Å²) in [6.45, 7) is 0. The van der Waals surface area contributed by atoms with Gasteiger partial charge in [0.05, 0.1) is 4.47 Å². The van der Waals surface area contributed by atoms with Crippen molar-refractivity contribution >= 4 is 21.6 Å². The summed E-state index contributed by atoms with van der Waals surface area (Å²) in [4.78, 5) is 0. The van der Waals surface area contributed by atoms with Crippen LogP contribution in [0.25, 0.3) is 0 Å². The van der Waals surface area contributed by atoms with Gasteiger partial charge in [-0.2, -0.15) is 0 Å². The van der Waals surface area contributed by atoms with Crippen LogP contribution in [0.4, 0.5) is 10.1 Å². The number of hydrogen-bond acceptors (Lipinski definition) is 1. The number of hydrogen-bond donors (Lipinski definition) is 1. The highest BCUT2D eigenvalue weighted by Gasteiger charge is 2.34. The Bertz CT molecular complexity index is 431. The molecule has 0 spiro atoms. The molecule has 0 bridgehead atoms. The topological polar surface area (TPSA) is 12.0 Å². The average Bonchev–Trinajstić information content (AvgIpc) is 3.18. The molecule has 1 aromatic rings. The first kappa shape index (κ1) is 12.5. The normalized spacial score (nSPS) is 28.1. The van der Waals surface area contributed by atoms with Gasteiger partial charge in [0.1, 0.15) is 5.82 Å². The van der Waals surface area contributed by atoms with Crippen LogP contribution in [0, 0.1) is 17.7 Å². The Hall–Kier alpha value is -0.570. The van der Waals surface area contributed by atoms with Crippen LogP contribution in [0.5, 0.6) is 0 Å². The number of anilines is 1. The smallest absolute Gasteiger partial charge is 0.139 e.